The van der Waals surface area contributed by atoms with Gasteiger partial charge in [0.1, 0.15) is 0 Å². The fraction of sp³-hybridized carbons (Fsp3) is 0.286. The highest BCUT2D eigenvalue weighted by Crippen LogP contribution is 2.27. The molecule has 76 valence electrons. The van der Waals surface area contributed by atoms with Gasteiger partial charge < -0.3 is 10.1 Å². The van der Waals surface area contributed by atoms with E-state index in [4.69, 9.17) is 0 Å². The number of aromatic nitrogens is 1. The van der Waals surface area contributed by atoms with Gasteiger partial charge in [0.25, 0.3) is 6.43 Å². The van der Waals surface area contributed by atoms with E-state index in [-0.39, 0.29) is 20.6 Å². The largest absolute Gasteiger partial charge is 0.367 e. The molecule has 0 aromatic carbocycles. The zero-order valence-electron chi connectivity index (χ0n) is 7.00. The summed E-state index contributed by atoms with van der Waals surface area (Å²) in [5, 5.41) is 10.4. The maximum absolute atomic E-state index is 12.3. The van der Waals surface area contributed by atoms with Crippen LogP contribution in [0.4, 0.5) is 14.6 Å². The van der Waals surface area contributed by atoms with Crippen LogP contribution in [0.2, 0.25) is 0 Å². The molecule has 0 aliphatic carbocycles. The summed E-state index contributed by atoms with van der Waals surface area (Å²) in [6.45, 7) is 1.38. The number of pyridine rings is 1. The molecular weight excluding hydrogens is 309 g/mol. The van der Waals surface area contributed by atoms with Crippen LogP contribution in [0, 0.1) is 20.7 Å². The first-order chi connectivity index (χ1) is 6.43. The number of hydrogen-bond acceptors (Lipinski definition) is 3. The summed E-state index contributed by atoms with van der Waals surface area (Å²) < 4.78 is 24.6. The summed E-state index contributed by atoms with van der Waals surface area (Å²) in [6.07, 6.45) is -2.66. The van der Waals surface area contributed by atoms with E-state index < -0.39 is 11.3 Å². The van der Waals surface area contributed by atoms with Crippen molar-refractivity contribution in [3.05, 3.63) is 31.0 Å². The first-order valence-electron chi connectivity index (χ1n) is 3.53. The molecule has 4 nitrogen and oxygen atoms in total. The summed E-state index contributed by atoms with van der Waals surface area (Å²) in [6, 6.07) is 1.09. The highest BCUT2D eigenvalue weighted by atomic mass is 127. The van der Waals surface area contributed by atoms with Gasteiger partial charge in [0.2, 0.25) is 3.70 Å². The standard InChI is InChI=1S/C7H5F2IN2O2/c1-3-2-4(5(8)9)6(10)11-7(3)12(13)14/h2,5H,1H3. The fourth-order valence-corrected chi connectivity index (χ4v) is 1.56. The second-order valence-corrected chi connectivity index (χ2v) is 3.59. The Morgan fingerprint density at radius 1 is 1.64 bits per heavy atom. The van der Waals surface area contributed by atoms with Crippen LogP contribution in [0.1, 0.15) is 17.6 Å². The topological polar surface area (TPSA) is 56.0 Å². The third-order valence-corrected chi connectivity index (χ3v) is 2.44. The van der Waals surface area contributed by atoms with Crippen molar-refractivity contribution in [2.45, 2.75) is 13.3 Å². The molecule has 0 atom stereocenters. The van der Waals surface area contributed by atoms with Gasteiger partial charge in [-0.05, 0) is 22.9 Å². The first kappa shape index (κ1) is 11.2. The lowest BCUT2D eigenvalue weighted by molar-refractivity contribution is -0.390. The average Bonchev–Trinajstić information content (AvgIpc) is 2.07. The molecule has 0 fully saturated rings. The average molecular weight is 314 g/mol. The Bertz CT molecular complexity index is 384. The van der Waals surface area contributed by atoms with E-state index in [1.165, 1.54) is 6.92 Å². The van der Waals surface area contributed by atoms with Crippen LogP contribution in [0.15, 0.2) is 6.07 Å². The van der Waals surface area contributed by atoms with Crippen molar-refractivity contribution in [1.29, 1.82) is 0 Å². The molecule has 0 saturated heterocycles. The molecular formula is C7H5F2IN2O2. The molecule has 0 unspecified atom stereocenters. The lowest BCUT2D eigenvalue weighted by atomic mass is 10.2. The van der Waals surface area contributed by atoms with Gasteiger partial charge in [0.15, 0.2) is 0 Å². The van der Waals surface area contributed by atoms with Crippen molar-refractivity contribution >= 4 is 28.4 Å². The molecule has 1 rings (SSSR count). The number of aryl methyl sites for hydroxylation is 1. The second kappa shape index (κ2) is 4.11. The molecule has 0 bridgehead atoms. The van der Waals surface area contributed by atoms with Crippen LogP contribution in [0.3, 0.4) is 0 Å². The number of alkyl halides is 2. The number of nitro groups is 1. The van der Waals surface area contributed by atoms with E-state index in [2.05, 4.69) is 4.98 Å². The van der Waals surface area contributed by atoms with Gasteiger partial charge in [0, 0.05) is 28.2 Å². The molecule has 7 heteroatoms. The molecule has 0 spiro atoms. The molecule has 0 amide bonds. The maximum atomic E-state index is 12.3. The summed E-state index contributed by atoms with van der Waals surface area (Å²) in [4.78, 5) is 13.2. The molecule has 0 N–H and O–H groups in total. The first-order valence-corrected chi connectivity index (χ1v) is 4.61. The number of hydrogen-bond donors (Lipinski definition) is 0. The van der Waals surface area contributed by atoms with Crippen LogP contribution >= 0.6 is 22.6 Å². The van der Waals surface area contributed by atoms with Gasteiger partial charge in [-0.1, -0.05) is 0 Å². The van der Waals surface area contributed by atoms with E-state index in [9.17, 15) is 18.9 Å². The van der Waals surface area contributed by atoms with Crippen molar-refractivity contribution in [2.75, 3.05) is 0 Å². The minimum atomic E-state index is -2.66. The fourth-order valence-electron chi connectivity index (χ4n) is 0.941. The summed E-state index contributed by atoms with van der Waals surface area (Å²) in [5.41, 5.74) is -0.126. The van der Waals surface area contributed by atoms with Gasteiger partial charge in [0.05, 0.1) is 5.56 Å². The zero-order valence-corrected chi connectivity index (χ0v) is 9.16. The molecule has 0 aliphatic rings. The Morgan fingerprint density at radius 2 is 2.21 bits per heavy atom. The van der Waals surface area contributed by atoms with Gasteiger partial charge in [-0.2, -0.15) is 0 Å². The number of halogens is 3. The van der Waals surface area contributed by atoms with E-state index in [0.29, 0.717) is 0 Å². The Balaban J connectivity index is 3.31. The van der Waals surface area contributed by atoms with Crippen molar-refractivity contribution < 1.29 is 13.7 Å². The van der Waals surface area contributed by atoms with Gasteiger partial charge in [-0.15, -0.1) is 0 Å². The molecule has 1 heterocycles. The second-order valence-electron chi connectivity index (χ2n) is 2.57. The van der Waals surface area contributed by atoms with Crippen molar-refractivity contribution in [1.82, 2.24) is 4.98 Å². The van der Waals surface area contributed by atoms with E-state index in [1.54, 1.807) is 22.6 Å². The highest BCUT2D eigenvalue weighted by Gasteiger charge is 2.22. The van der Waals surface area contributed by atoms with Crippen molar-refractivity contribution in [2.24, 2.45) is 0 Å². The van der Waals surface area contributed by atoms with Crippen molar-refractivity contribution in [3.63, 3.8) is 0 Å². The lowest BCUT2D eigenvalue weighted by Gasteiger charge is -2.02. The molecule has 0 radical (unpaired) electrons. The minimum absolute atomic E-state index is 0.0325. The van der Waals surface area contributed by atoms with Crippen LogP contribution in [0.5, 0.6) is 0 Å². The van der Waals surface area contributed by atoms with Gasteiger partial charge in [-0.25, -0.2) is 8.78 Å². The third kappa shape index (κ3) is 2.14. The van der Waals surface area contributed by atoms with Crippen LogP contribution in [-0.2, 0) is 0 Å². The van der Waals surface area contributed by atoms with Crippen LogP contribution in [0.25, 0.3) is 0 Å². The van der Waals surface area contributed by atoms with E-state index in [1.807, 2.05) is 0 Å². The molecule has 14 heavy (non-hydrogen) atoms. The predicted octanol–water partition coefficient (Wildman–Crippen LogP) is 2.84. The molecule has 1 aromatic rings. The molecule has 0 saturated carbocycles. The van der Waals surface area contributed by atoms with Gasteiger partial charge in [-0.3, -0.25) is 0 Å². The quantitative estimate of drug-likeness (QED) is 0.365. The van der Waals surface area contributed by atoms with Crippen LogP contribution in [-0.4, -0.2) is 9.91 Å². The number of nitrogens with zero attached hydrogens (tertiary/aromatic N) is 2. The van der Waals surface area contributed by atoms with Gasteiger partial charge >= 0.3 is 5.82 Å². The summed E-state index contributed by atoms with van der Waals surface area (Å²) >= 11 is 1.56. The minimum Gasteiger partial charge on any atom is -0.358 e. The summed E-state index contributed by atoms with van der Waals surface area (Å²) in [7, 11) is 0. The third-order valence-electron chi connectivity index (χ3n) is 1.58. The van der Waals surface area contributed by atoms with Crippen LogP contribution < -0.4 is 0 Å². The monoisotopic (exact) mass is 314 g/mol. The molecule has 1 aromatic heterocycles. The maximum Gasteiger partial charge on any atom is 0.367 e. The highest BCUT2D eigenvalue weighted by molar-refractivity contribution is 14.1. The normalized spacial score (nSPS) is 10.6. The Labute approximate surface area is 91.6 Å². The summed E-state index contributed by atoms with van der Waals surface area (Å²) in [5.74, 6) is -0.376. The smallest absolute Gasteiger partial charge is 0.358 e. The number of rotatable bonds is 2. The van der Waals surface area contributed by atoms with E-state index >= 15 is 0 Å². The van der Waals surface area contributed by atoms with Crippen molar-refractivity contribution in [3.8, 4) is 0 Å². The molecule has 0 aliphatic heterocycles. The Morgan fingerprint density at radius 3 is 2.64 bits per heavy atom. The Kier molecular flexibility index (Phi) is 3.29. The zero-order chi connectivity index (χ0) is 10.9. The Hall–Kier alpha value is -0.860. The SMILES string of the molecule is Cc1cc(C(F)F)c(I)nc1[N+](=O)[O-]. The van der Waals surface area contributed by atoms with E-state index in [0.717, 1.165) is 6.07 Å². The predicted molar refractivity (Wildman–Crippen MR) is 53.3 cm³/mol. The lowest BCUT2D eigenvalue weighted by Crippen LogP contribution is -2.01.